The van der Waals surface area contributed by atoms with Crippen molar-refractivity contribution in [1.29, 1.82) is 0 Å². The Balaban J connectivity index is 1.82. The fourth-order valence-corrected chi connectivity index (χ4v) is 7.14. The van der Waals surface area contributed by atoms with Crippen LogP contribution in [0.5, 0.6) is 0 Å². The predicted molar refractivity (Wildman–Crippen MR) is 134 cm³/mol. The summed E-state index contributed by atoms with van der Waals surface area (Å²) in [5.74, 6) is -2.65. The lowest BCUT2D eigenvalue weighted by Gasteiger charge is -2.37. The minimum absolute atomic E-state index is 0.124. The van der Waals surface area contributed by atoms with Crippen molar-refractivity contribution in [2.45, 2.75) is 56.2 Å². The average molecular weight is 549 g/mol. The molecule has 3 aliphatic heterocycles. The van der Waals surface area contributed by atoms with E-state index in [1.165, 1.54) is 4.90 Å². The van der Waals surface area contributed by atoms with Gasteiger partial charge in [0.05, 0.1) is 24.5 Å². The summed E-state index contributed by atoms with van der Waals surface area (Å²) in [6.45, 7) is 9.98. The normalized spacial score (nSPS) is 30.9. The van der Waals surface area contributed by atoms with Crippen LogP contribution in [0.15, 0.2) is 30.9 Å². The van der Waals surface area contributed by atoms with E-state index in [0.717, 1.165) is 16.8 Å². The van der Waals surface area contributed by atoms with Gasteiger partial charge in [0.2, 0.25) is 5.91 Å². The molecule has 2 amide bonds. The number of aliphatic hydroxyl groups is 1. The first-order valence-electron chi connectivity index (χ1n) is 12.1. The number of likely N-dealkylation sites (tertiary alicyclic amines) is 1. The van der Waals surface area contributed by atoms with E-state index in [2.05, 4.69) is 22.5 Å². The molecule has 0 saturated carbocycles. The van der Waals surface area contributed by atoms with Gasteiger partial charge in [-0.15, -0.1) is 6.58 Å². The first-order valence-corrected chi connectivity index (χ1v) is 13.0. The summed E-state index contributed by atoms with van der Waals surface area (Å²) in [6, 6.07) is 4.89. The van der Waals surface area contributed by atoms with Gasteiger partial charge in [-0.3, -0.25) is 14.4 Å². The second-order valence-electron chi connectivity index (χ2n) is 9.50. The molecule has 3 fully saturated rings. The lowest BCUT2D eigenvalue weighted by molar-refractivity contribution is -0.154. The molecule has 3 aliphatic rings. The van der Waals surface area contributed by atoms with Crippen molar-refractivity contribution in [3.8, 4) is 0 Å². The van der Waals surface area contributed by atoms with Gasteiger partial charge in [-0.05, 0) is 44.7 Å². The molecule has 6 atom stereocenters. The minimum Gasteiger partial charge on any atom is -0.466 e. The summed E-state index contributed by atoms with van der Waals surface area (Å²) in [5.41, 5.74) is 1.48. The molecular weight excluding hydrogens is 516 g/mol. The number of anilines is 1. The highest BCUT2D eigenvalue weighted by molar-refractivity contribution is 9.09. The maximum absolute atomic E-state index is 14.4. The molecule has 35 heavy (non-hydrogen) atoms. The van der Waals surface area contributed by atoms with Crippen LogP contribution in [-0.2, 0) is 23.9 Å². The smallest absolute Gasteiger partial charge is 0.312 e. The monoisotopic (exact) mass is 548 g/mol. The number of amides is 2. The molecule has 190 valence electrons. The number of nitrogens with zero attached hydrogens (tertiary/aromatic N) is 2. The Kier molecular flexibility index (Phi) is 7.41. The largest absolute Gasteiger partial charge is 0.466 e. The molecule has 9 heteroatoms. The number of hydrogen-bond donors (Lipinski definition) is 1. The highest BCUT2D eigenvalue weighted by Gasteiger charge is 2.77. The van der Waals surface area contributed by atoms with Gasteiger partial charge < -0.3 is 24.4 Å². The number of hydrogen-bond acceptors (Lipinski definition) is 6. The molecule has 0 aromatic heterocycles. The van der Waals surface area contributed by atoms with Crippen molar-refractivity contribution < 1.29 is 29.0 Å². The van der Waals surface area contributed by atoms with Crippen LogP contribution in [0.25, 0.3) is 0 Å². The maximum atomic E-state index is 14.4. The van der Waals surface area contributed by atoms with E-state index < -0.39 is 35.6 Å². The van der Waals surface area contributed by atoms with Crippen LogP contribution in [0.4, 0.5) is 5.69 Å². The van der Waals surface area contributed by atoms with Gasteiger partial charge in [-0.1, -0.05) is 40.2 Å². The van der Waals surface area contributed by atoms with Crippen LogP contribution < -0.4 is 4.90 Å². The standard InChI is InChI=1S/C26H33BrN2O6/c1-5-11-28(20-15(3)9-7-10-16(20)4)24(32)22-26-14-17(27)21(35-26)18(25(33)34-6-2)19(26)23(31)29(22)12-8-13-30/h5,7,9-10,17-19,21-22,30H,1,6,8,11-14H2,2-4H3/t17?,18-,19+,21-,22-,26+/m1/s1. The minimum atomic E-state index is -1.16. The summed E-state index contributed by atoms with van der Waals surface area (Å²) in [6.07, 6.45) is 1.85. The molecule has 4 rings (SSSR count). The lowest BCUT2D eigenvalue weighted by atomic mass is 9.70. The van der Waals surface area contributed by atoms with Gasteiger partial charge in [-0.2, -0.15) is 0 Å². The van der Waals surface area contributed by atoms with Crippen molar-refractivity contribution in [1.82, 2.24) is 4.90 Å². The molecule has 1 aromatic rings. The molecular formula is C26H33BrN2O6. The van der Waals surface area contributed by atoms with Crippen LogP contribution in [0.3, 0.4) is 0 Å². The lowest BCUT2D eigenvalue weighted by Crippen LogP contribution is -2.57. The fourth-order valence-electron chi connectivity index (χ4n) is 6.20. The summed E-state index contributed by atoms with van der Waals surface area (Å²) in [5, 5.41) is 9.51. The van der Waals surface area contributed by atoms with Crippen LogP contribution in [0.2, 0.25) is 0 Å². The van der Waals surface area contributed by atoms with Crippen LogP contribution in [0.1, 0.15) is 30.9 Å². The number of alkyl halides is 1. The molecule has 1 unspecified atom stereocenters. The van der Waals surface area contributed by atoms with E-state index in [1.54, 1.807) is 17.9 Å². The first-order chi connectivity index (χ1) is 16.7. The van der Waals surface area contributed by atoms with Crippen LogP contribution in [-0.4, -0.2) is 76.7 Å². The van der Waals surface area contributed by atoms with E-state index in [1.807, 2.05) is 32.0 Å². The first kappa shape index (κ1) is 25.9. The topological polar surface area (TPSA) is 96.4 Å². The molecule has 8 nitrogen and oxygen atoms in total. The molecule has 2 bridgehead atoms. The van der Waals surface area contributed by atoms with Gasteiger partial charge in [-0.25, -0.2) is 0 Å². The third kappa shape index (κ3) is 4.01. The molecule has 3 heterocycles. The zero-order chi connectivity index (χ0) is 25.5. The maximum Gasteiger partial charge on any atom is 0.312 e. The Morgan fingerprint density at radius 1 is 1.37 bits per heavy atom. The van der Waals surface area contributed by atoms with Gasteiger partial charge in [0.25, 0.3) is 5.91 Å². The number of ether oxygens (including phenoxy) is 2. The predicted octanol–water partition coefficient (Wildman–Crippen LogP) is 2.52. The number of rotatable bonds is 9. The number of aryl methyl sites for hydroxylation is 2. The van der Waals surface area contributed by atoms with E-state index in [-0.39, 0.29) is 42.9 Å². The number of para-hydroxylation sites is 1. The number of carbonyl (C=O) groups excluding carboxylic acids is 3. The number of fused-ring (bicyclic) bond motifs is 1. The van der Waals surface area contributed by atoms with Crippen molar-refractivity contribution in [3.63, 3.8) is 0 Å². The highest BCUT2D eigenvalue weighted by atomic mass is 79.9. The molecule has 0 aliphatic carbocycles. The highest BCUT2D eigenvalue weighted by Crippen LogP contribution is 2.60. The van der Waals surface area contributed by atoms with Gasteiger partial charge in [0, 0.05) is 30.2 Å². The van der Waals surface area contributed by atoms with E-state index in [4.69, 9.17) is 9.47 Å². The summed E-state index contributed by atoms with van der Waals surface area (Å²) < 4.78 is 11.8. The molecule has 1 spiro atoms. The molecule has 1 aromatic carbocycles. The van der Waals surface area contributed by atoms with Crippen molar-refractivity contribution in [2.24, 2.45) is 11.8 Å². The average Bonchev–Trinajstić information content (AvgIpc) is 3.40. The number of benzene rings is 1. The van der Waals surface area contributed by atoms with Gasteiger partial charge in [0.1, 0.15) is 11.6 Å². The Morgan fingerprint density at radius 2 is 2.06 bits per heavy atom. The Morgan fingerprint density at radius 3 is 2.66 bits per heavy atom. The molecule has 1 N–H and O–H groups in total. The molecule has 0 radical (unpaired) electrons. The van der Waals surface area contributed by atoms with Gasteiger partial charge >= 0.3 is 5.97 Å². The van der Waals surface area contributed by atoms with Crippen molar-refractivity contribution in [3.05, 3.63) is 42.0 Å². The summed E-state index contributed by atoms with van der Waals surface area (Å²) in [7, 11) is 0. The van der Waals surface area contributed by atoms with E-state index in [9.17, 15) is 19.5 Å². The van der Waals surface area contributed by atoms with Crippen molar-refractivity contribution in [2.75, 3.05) is 31.2 Å². The van der Waals surface area contributed by atoms with Crippen molar-refractivity contribution >= 4 is 39.4 Å². The van der Waals surface area contributed by atoms with Crippen LogP contribution in [0, 0.1) is 25.7 Å². The third-order valence-electron chi connectivity index (χ3n) is 7.43. The Labute approximate surface area is 214 Å². The zero-order valence-corrected chi connectivity index (χ0v) is 22.0. The number of carbonyl (C=O) groups is 3. The van der Waals surface area contributed by atoms with Gasteiger partial charge in [0.15, 0.2) is 0 Å². The summed E-state index contributed by atoms with van der Waals surface area (Å²) in [4.78, 5) is 44.2. The number of halogens is 1. The summed E-state index contributed by atoms with van der Waals surface area (Å²) >= 11 is 3.65. The SMILES string of the molecule is C=CCN(C(=O)[C@H]1N(CCCO)C(=O)[C@@H]2[C@@H](C(=O)OCC)[C@@H]3O[C@@]21CC3Br)c1c(C)cccc1C. The third-order valence-corrected chi connectivity index (χ3v) is 8.27. The number of aliphatic hydroxyl groups excluding tert-OH is 1. The van der Waals surface area contributed by atoms with Crippen LogP contribution >= 0.6 is 15.9 Å². The second kappa shape index (κ2) is 10.0. The number of esters is 1. The fraction of sp³-hybridized carbons (Fsp3) is 0.577. The van der Waals surface area contributed by atoms with E-state index in [0.29, 0.717) is 12.8 Å². The zero-order valence-electron chi connectivity index (χ0n) is 20.4. The van der Waals surface area contributed by atoms with E-state index >= 15 is 0 Å². The second-order valence-corrected chi connectivity index (χ2v) is 10.7. The molecule has 3 saturated heterocycles. The quantitative estimate of drug-likeness (QED) is 0.289. The Hall–Kier alpha value is -2.23. The Bertz CT molecular complexity index is 1010.